The Morgan fingerprint density at radius 1 is 1.06 bits per heavy atom. The summed E-state index contributed by atoms with van der Waals surface area (Å²) in [5.74, 6) is -0.0550. The van der Waals surface area contributed by atoms with Gasteiger partial charge in [-0.05, 0) is 72.9 Å². The van der Waals surface area contributed by atoms with Crippen molar-refractivity contribution in [2.75, 3.05) is 10.2 Å². The number of halogens is 2. The minimum atomic E-state index is -0.777. The van der Waals surface area contributed by atoms with Gasteiger partial charge in [0.2, 0.25) is 5.91 Å². The van der Waals surface area contributed by atoms with Crippen molar-refractivity contribution in [2.24, 2.45) is 0 Å². The largest absolute Gasteiger partial charge is 0.467 e. The molecular weight excluding hydrogens is 457 g/mol. The van der Waals surface area contributed by atoms with Crippen LogP contribution in [0.5, 0.6) is 0 Å². The van der Waals surface area contributed by atoms with Crippen molar-refractivity contribution in [3.63, 3.8) is 0 Å². The molecular formula is C22H17Cl2N3O3S. The van der Waals surface area contributed by atoms with Crippen LogP contribution in [0.25, 0.3) is 0 Å². The second-order valence-corrected chi connectivity index (χ2v) is 8.17. The second kappa shape index (κ2) is 9.09. The van der Waals surface area contributed by atoms with Gasteiger partial charge >= 0.3 is 0 Å². The van der Waals surface area contributed by atoms with Crippen LogP contribution in [0.3, 0.4) is 0 Å². The SMILES string of the molecule is O=C1CC(N(Cc2ccco2)C(=S)Nc2ccc(Cl)cc2)C(=O)N1c1ccc(Cl)cc1. The summed E-state index contributed by atoms with van der Waals surface area (Å²) >= 11 is 17.5. The van der Waals surface area contributed by atoms with E-state index in [1.165, 1.54) is 4.90 Å². The molecule has 1 atom stereocenters. The van der Waals surface area contributed by atoms with Gasteiger partial charge in [0.1, 0.15) is 11.8 Å². The number of benzene rings is 2. The van der Waals surface area contributed by atoms with E-state index < -0.39 is 6.04 Å². The maximum Gasteiger partial charge on any atom is 0.257 e. The van der Waals surface area contributed by atoms with Crippen LogP contribution in [0.4, 0.5) is 11.4 Å². The lowest BCUT2D eigenvalue weighted by molar-refractivity contribution is -0.122. The number of furan rings is 1. The molecule has 1 aliphatic rings. The average Bonchev–Trinajstić information content (AvgIpc) is 3.36. The molecule has 1 aromatic heterocycles. The average molecular weight is 474 g/mol. The molecule has 1 aliphatic heterocycles. The zero-order valence-electron chi connectivity index (χ0n) is 16.1. The molecule has 158 valence electrons. The molecule has 2 amide bonds. The van der Waals surface area contributed by atoms with Crippen molar-refractivity contribution in [3.8, 4) is 0 Å². The minimum absolute atomic E-state index is 0.00932. The van der Waals surface area contributed by atoms with Crippen LogP contribution in [-0.4, -0.2) is 27.9 Å². The van der Waals surface area contributed by atoms with E-state index in [4.69, 9.17) is 39.8 Å². The molecule has 1 saturated heterocycles. The van der Waals surface area contributed by atoms with E-state index in [0.29, 0.717) is 32.3 Å². The van der Waals surface area contributed by atoms with Crippen molar-refractivity contribution in [3.05, 3.63) is 82.7 Å². The fourth-order valence-electron chi connectivity index (χ4n) is 3.34. The summed E-state index contributed by atoms with van der Waals surface area (Å²) in [6, 6.07) is 16.3. The Morgan fingerprint density at radius 2 is 1.71 bits per heavy atom. The zero-order valence-corrected chi connectivity index (χ0v) is 18.5. The predicted molar refractivity (Wildman–Crippen MR) is 124 cm³/mol. The number of imide groups is 1. The number of rotatable bonds is 5. The topological polar surface area (TPSA) is 65.8 Å². The van der Waals surface area contributed by atoms with Crippen molar-refractivity contribution in [2.45, 2.75) is 19.0 Å². The molecule has 31 heavy (non-hydrogen) atoms. The molecule has 1 fully saturated rings. The number of thiocarbonyl (C=S) groups is 1. The Balaban J connectivity index is 1.60. The fourth-order valence-corrected chi connectivity index (χ4v) is 3.90. The molecule has 0 bridgehead atoms. The highest BCUT2D eigenvalue weighted by Crippen LogP contribution is 2.28. The standard InChI is InChI=1S/C22H17Cl2N3O3S/c23-14-3-7-16(8-4-14)25-22(31)26(13-18-2-1-11-30-18)19-12-20(28)27(21(19)29)17-9-5-15(24)6-10-17/h1-11,19H,12-13H2,(H,25,31). The van der Waals surface area contributed by atoms with Crippen LogP contribution >= 0.6 is 35.4 Å². The van der Waals surface area contributed by atoms with Gasteiger partial charge in [-0.15, -0.1) is 0 Å². The smallest absolute Gasteiger partial charge is 0.257 e. The van der Waals surface area contributed by atoms with Crippen LogP contribution in [0, 0.1) is 0 Å². The van der Waals surface area contributed by atoms with Crippen molar-refractivity contribution < 1.29 is 14.0 Å². The van der Waals surface area contributed by atoms with Gasteiger partial charge in [-0.1, -0.05) is 23.2 Å². The first-order chi connectivity index (χ1) is 14.9. The van der Waals surface area contributed by atoms with Crippen LogP contribution < -0.4 is 10.2 Å². The van der Waals surface area contributed by atoms with Crippen molar-refractivity contribution >= 4 is 63.7 Å². The Bertz CT molecular complexity index is 1100. The quantitative estimate of drug-likeness (QED) is 0.409. The highest BCUT2D eigenvalue weighted by Gasteiger charge is 2.43. The summed E-state index contributed by atoms with van der Waals surface area (Å²) in [6.45, 7) is 0.227. The van der Waals surface area contributed by atoms with Crippen LogP contribution in [0.1, 0.15) is 12.2 Å². The minimum Gasteiger partial charge on any atom is -0.467 e. The Morgan fingerprint density at radius 3 is 2.32 bits per heavy atom. The van der Waals surface area contributed by atoms with E-state index >= 15 is 0 Å². The summed E-state index contributed by atoms with van der Waals surface area (Å²) in [7, 11) is 0. The first-order valence-corrected chi connectivity index (χ1v) is 10.6. The number of amides is 2. The van der Waals surface area contributed by atoms with Crippen molar-refractivity contribution in [1.82, 2.24) is 4.90 Å². The van der Waals surface area contributed by atoms with Gasteiger partial charge in [-0.2, -0.15) is 0 Å². The normalized spacial score (nSPS) is 15.9. The Hall–Kier alpha value is -2.87. The number of carbonyl (C=O) groups is 2. The van der Waals surface area contributed by atoms with Gasteiger partial charge in [0.15, 0.2) is 5.11 Å². The molecule has 1 N–H and O–H groups in total. The molecule has 9 heteroatoms. The molecule has 3 aromatic rings. The Kier molecular flexibility index (Phi) is 6.27. The van der Waals surface area contributed by atoms with Crippen LogP contribution in [0.2, 0.25) is 10.0 Å². The number of nitrogens with one attached hydrogen (secondary N) is 1. The lowest BCUT2D eigenvalue weighted by Gasteiger charge is -2.29. The van der Waals surface area contributed by atoms with Gasteiger partial charge in [0.25, 0.3) is 5.91 Å². The summed E-state index contributed by atoms with van der Waals surface area (Å²) in [4.78, 5) is 28.9. The molecule has 0 aliphatic carbocycles. The van der Waals surface area contributed by atoms with Crippen LogP contribution in [-0.2, 0) is 16.1 Å². The summed E-state index contributed by atoms with van der Waals surface area (Å²) in [5, 5.41) is 4.52. The maximum atomic E-state index is 13.3. The number of carbonyl (C=O) groups excluding carboxylic acids is 2. The molecule has 2 heterocycles. The maximum absolute atomic E-state index is 13.3. The fraction of sp³-hybridized carbons (Fsp3) is 0.136. The highest BCUT2D eigenvalue weighted by atomic mass is 35.5. The predicted octanol–water partition coefficient (Wildman–Crippen LogP) is 5.12. The van der Waals surface area contributed by atoms with E-state index in [9.17, 15) is 9.59 Å². The van der Waals surface area contributed by atoms with Gasteiger partial charge in [0, 0.05) is 15.7 Å². The number of hydrogen-bond donors (Lipinski definition) is 1. The lowest BCUT2D eigenvalue weighted by Crippen LogP contribution is -2.46. The van der Waals surface area contributed by atoms with Gasteiger partial charge in [-0.3, -0.25) is 9.59 Å². The van der Waals surface area contributed by atoms with Crippen LogP contribution in [0.15, 0.2) is 71.3 Å². The first kappa shape index (κ1) is 21.4. The molecule has 1 unspecified atom stereocenters. The lowest BCUT2D eigenvalue weighted by atomic mass is 10.2. The molecule has 0 spiro atoms. The van der Waals surface area contributed by atoms with Gasteiger partial charge < -0.3 is 14.6 Å². The Labute approximate surface area is 194 Å². The molecule has 2 aromatic carbocycles. The van der Waals surface area contributed by atoms with Gasteiger partial charge in [-0.25, -0.2) is 4.90 Å². The summed E-state index contributed by atoms with van der Waals surface area (Å²) < 4.78 is 5.46. The monoisotopic (exact) mass is 473 g/mol. The number of anilines is 2. The number of nitrogens with zero attached hydrogens (tertiary/aromatic N) is 2. The van der Waals surface area contributed by atoms with E-state index in [2.05, 4.69) is 5.32 Å². The molecule has 0 saturated carbocycles. The zero-order chi connectivity index (χ0) is 22.0. The third-order valence-corrected chi connectivity index (χ3v) is 5.69. The third kappa shape index (κ3) is 4.74. The van der Waals surface area contributed by atoms with E-state index in [1.807, 2.05) is 0 Å². The summed E-state index contributed by atoms with van der Waals surface area (Å²) in [6.07, 6.45) is 1.54. The summed E-state index contributed by atoms with van der Waals surface area (Å²) in [5.41, 5.74) is 1.18. The first-order valence-electron chi connectivity index (χ1n) is 9.40. The van der Waals surface area contributed by atoms with Crippen molar-refractivity contribution in [1.29, 1.82) is 0 Å². The molecule has 4 rings (SSSR count). The molecule has 6 nitrogen and oxygen atoms in total. The van der Waals surface area contributed by atoms with E-state index in [0.717, 1.165) is 0 Å². The van der Waals surface area contributed by atoms with E-state index in [1.54, 1.807) is 71.8 Å². The number of hydrogen-bond acceptors (Lipinski definition) is 4. The van der Waals surface area contributed by atoms with E-state index in [-0.39, 0.29) is 24.8 Å². The van der Waals surface area contributed by atoms with Gasteiger partial charge in [0.05, 0.1) is 24.9 Å². The molecule has 0 radical (unpaired) electrons. The highest BCUT2D eigenvalue weighted by molar-refractivity contribution is 7.80. The second-order valence-electron chi connectivity index (χ2n) is 6.91. The third-order valence-electron chi connectivity index (χ3n) is 4.85.